The molecule has 2 amide bonds. The van der Waals surface area contributed by atoms with E-state index in [1.165, 1.54) is 11.1 Å². The Morgan fingerprint density at radius 2 is 1.87 bits per heavy atom. The van der Waals surface area contributed by atoms with Crippen molar-refractivity contribution < 1.29 is 14.5 Å². The standard InChI is InChI=1S/C18H27N3O2/c1-13(2)19-17(22)12-20(4)14(3)18(23)21-10-9-15-7-5-6-8-16(15)11-21/h5-8,13-14H,9-12H2,1-4H3,(H,19,22)/p+1/t14-/m0/s1. The van der Waals surface area contributed by atoms with Crippen molar-refractivity contribution in [3.8, 4) is 0 Å². The van der Waals surface area contributed by atoms with Crippen LogP contribution in [0.15, 0.2) is 24.3 Å². The maximum absolute atomic E-state index is 12.7. The number of carbonyl (C=O) groups excluding carboxylic acids is 2. The third-order valence-electron chi connectivity index (χ3n) is 4.44. The Morgan fingerprint density at radius 1 is 1.22 bits per heavy atom. The highest BCUT2D eigenvalue weighted by Crippen LogP contribution is 2.18. The van der Waals surface area contributed by atoms with E-state index in [4.69, 9.17) is 0 Å². The summed E-state index contributed by atoms with van der Waals surface area (Å²) in [5.41, 5.74) is 2.57. The summed E-state index contributed by atoms with van der Waals surface area (Å²) in [5.74, 6) is 0.107. The number of nitrogens with zero attached hydrogens (tertiary/aromatic N) is 1. The van der Waals surface area contributed by atoms with Crippen molar-refractivity contribution in [2.75, 3.05) is 20.1 Å². The molecule has 1 aliphatic rings. The molecule has 23 heavy (non-hydrogen) atoms. The molecule has 0 spiro atoms. The topological polar surface area (TPSA) is 53.9 Å². The fourth-order valence-electron chi connectivity index (χ4n) is 2.95. The first-order chi connectivity index (χ1) is 10.9. The molecule has 5 nitrogen and oxygen atoms in total. The van der Waals surface area contributed by atoms with Crippen molar-refractivity contribution >= 4 is 11.8 Å². The normalized spacial score (nSPS) is 16.7. The zero-order valence-corrected chi connectivity index (χ0v) is 14.6. The van der Waals surface area contributed by atoms with Gasteiger partial charge in [-0.05, 0) is 38.3 Å². The summed E-state index contributed by atoms with van der Waals surface area (Å²) in [6.45, 7) is 7.52. The highest BCUT2D eigenvalue weighted by atomic mass is 16.2. The molecule has 0 aromatic heterocycles. The van der Waals surface area contributed by atoms with Crippen molar-refractivity contribution in [2.45, 2.75) is 45.8 Å². The molecule has 1 unspecified atom stereocenters. The number of carbonyl (C=O) groups is 2. The van der Waals surface area contributed by atoms with E-state index in [1.54, 1.807) is 0 Å². The summed E-state index contributed by atoms with van der Waals surface area (Å²) in [5, 5.41) is 2.88. The number of hydrogen-bond acceptors (Lipinski definition) is 2. The van der Waals surface area contributed by atoms with Crippen LogP contribution in [0.25, 0.3) is 0 Å². The summed E-state index contributed by atoms with van der Waals surface area (Å²) >= 11 is 0. The smallest absolute Gasteiger partial charge is 0.280 e. The predicted octanol–water partition coefficient (Wildman–Crippen LogP) is -0.000900. The zero-order valence-electron chi connectivity index (χ0n) is 14.6. The summed E-state index contributed by atoms with van der Waals surface area (Å²) in [7, 11) is 1.90. The summed E-state index contributed by atoms with van der Waals surface area (Å²) in [6, 6.07) is 8.19. The Labute approximate surface area is 138 Å². The molecular formula is C18H28N3O2+. The van der Waals surface area contributed by atoms with Crippen LogP contribution in [0.1, 0.15) is 31.9 Å². The highest BCUT2D eigenvalue weighted by molar-refractivity contribution is 5.81. The van der Waals surface area contributed by atoms with Crippen LogP contribution in [0.4, 0.5) is 0 Å². The number of amides is 2. The van der Waals surface area contributed by atoms with Gasteiger partial charge in [-0.2, -0.15) is 0 Å². The molecule has 0 saturated carbocycles. The number of likely N-dealkylation sites (N-methyl/N-ethyl adjacent to an activating group) is 1. The maximum Gasteiger partial charge on any atom is 0.280 e. The molecule has 2 N–H and O–H groups in total. The monoisotopic (exact) mass is 318 g/mol. The number of fused-ring (bicyclic) bond motifs is 1. The highest BCUT2D eigenvalue weighted by Gasteiger charge is 2.30. The first kappa shape index (κ1) is 17.5. The number of nitrogens with one attached hydrogen (secondary N) is 2. The lowest BCUT2D eigenvalue weighted by Crippen LogP contribution is -3.15. The zero-order chi connectivity index (χ0) is 17.0. The Kier molecular flexibility index (Phi) is 5.77. The molecule has 126 valence electrons. The molecule has 1 aromatic carbocycles. The first-order valence-corrected chi connectivity index (χ1v) is 8.35. The number of quaternary nitrogens is 1. The van der Waals surface area contributed by atoms with Crippen molar-refractivity contribution in [2.24, 2.45) is 0 Å². The van der Waals surface area contributed by atoms with Gasteiger partial charge in [-0.3, -0.25) is 9.59 Å². The van der Waals surface area contributed by atoms with E-state index < -0.39 is 0 Å². The molecule has 2 rings (SSSR count). The summed E-state index contributed by atoms with van der Waals surface area (Å²) < 4.78 is 0. The van der Waals surface area contributed by atoms with Crippen molar-refractivity contribution in [3.63, 3.8) is 0 Å². The molecule has 5 heteroatoms. The summed E-state index contributed by atoms with van der Waals surface area (Å²) in [6.07, 6.45) is 0.904. The minimum atomic E-state index is -0.224. The molecule has 0 saturated heterocycles. The van der Waals surface area contributed by atoms with Gasteiger partial charge in [-0.25, -0.2) is 0 Å². The number of benzene rings is 1. The van der Waals surface area contributed by atoms with Crippen LogP contribution in [0.3, 0.4) is 0 Å². The van der Waals surface area contributed by atoms with Gasteiger partial charge in [0.15, 0.2) is 12.6 Å². The molecule has 2 atom stereocenters. The van der Waals surface area contributed by atoms with Crippen molar-refractivity contribution in [1.29, 1.82) is 0 Å². The van der Waals surface area contributed by atoms with Gasteiger partial charge in [0.2, 0.25) is 0 Å². The van der Waals surface area contributed by atoms with E-state index in [1.807, 2.05) is 44.9 Å². The van der Waals surface area contributed by atoms with Gasteiger partial charge in [0.05, 0.1) is 7.05 Å². The third-order valence-corrected chi connectivity index (χ3v) is 4.44. The van der Waals surface area contributed by atoms with Gasteiger partial charge >= 0.3 is 0 Å². The van der Waals surface area contributed by atoms with Gasteiger partial charge in [-0.15, -0.1) is 0 Å². The molecular weight excluding hydrogens is 290 g/mol. The largest absolute Gasteiger partial charge is 0.349 e. The van der Waals surface area contributed by atoms with Crippen molar-refractivity contribution in [3.05, 3.63) is 35.4 Å². The predicted molar refractivity (Wildman–Crippen MR) is 90.1 cm³/mol. The number of hydrogen-bond donors (Lipinski definition) is 2. The molecule has 0 bridgehead atoms. The van der Waals surface area contributed by atoms with Crippen LogP contribution >= 0.6 is 0 Å². The van der Waals surface area contributed by atoms with Gasteiger partial charge < -0.3 is 15.1 Å². The second kappa shape index (κ2) is 7.59. The van der Waals surface area contributed by atoms with E-state index in [0.717, 1.165) is 17.9 Å². The molecule has 0 aliphatic carbocycles. The van der Waals surface area contributed by atoms with Crippen LogP contribution in [-0.2, 0) is 22.6 Å². The Balaban J connectivity index is 1.93. The van der Waals surface area contributed by atoms with Gasteiger partial charge in [-0.1, -0.05) is 24.3 Å². The Morgan fingerprint density at radius 3 is 2.52 bits per heavy atom. The van der Waals surface area contributed by atoms with Crippen molar-refractivity contribution in [1.82, 2.24) is 10.2 Å². The molecule has 1 aliphatic heterocycles. The number of rotatable bonds is 5. The lowest BCUT2D eigenvalue weighted by atomic mass is 9.99. The minimum Gasteiger partial charge on any atom is -0.349 e. The molecule has 0 radical (unpaired) electrons. The summed E-state index contributed by atoms with van der Waals surface area (Å²) in [4.78, 5) is 27.4. The van der Waals surface area contributed by atoms with Crippen LogP contribution in [0, 0.1) is 0 Å². The van der Waals surface area contributed by atoms with Crippen LogP contribution in [0.5, 0.6) is 0 Å². The van der Waals surface area contributed by atoms with E-state index in [-0.39, 0.29) is 23.9 Å². The van der Waals surface area contributed by atoms with Gasteiger partial charge in [0.25, 0.3) is 11.8 Å². The molecule has 1 aromatic rings. The Hall–Kier alpha value is -1.88. The first-order valence-electron chi connectivity index (χ1n) is 8.35. The average molecular weight is 318 g/mol. The lowest BCUT2D eigenvalue weighted by molar-refractivity contribution is -0.886. The second-order valence-corrected chi connectivity index (χ2v) is 6.75. The fourth-order valence-corrected chi connectivity index (χ4v) is 2.95. The third kappa shape index (κ3) is 4.55. The lowest BCUT2D eigenvalue weighted by Gasteiger charge is -2.32. The SMILES string of the molecule is CC(C)NC(=O)C[NH+](C)[C@@H](C)C(=O)N1CCc2ccccc2C1. The Bertz CT molecular complexity index is 571. The molecule has 1 heterocycles. The van der Waals surface area contributed by atoms with Crippen LogP contribution < -0.4 is 10.2 Å². The van der Waals surface area contributed by atoms with E-state index in [2.05, 4.69) is 17.4 Å². The average Bonchev–Trinajstić information content (AvgIpc) is 2.52. The van der Waals surface area contributed by atoms with E-state index in [9.17, 15) is 9.59 Å². The second-order valence-electron chi connectivity index (χ2n) is 6.75. The quantitative estimate of drug-likeness (QED) is 0.803. The van der Waals surface area contributed by atoms with Crippen LogP contribution in [-0.4, -0.2) is 48.9 Å². The molecule has 0 fully saturated rings. The van der Waals surface area contributed by atoms with Crippen LogP contribution in [0.2, 0.25) is 0 Å². The fraction of sp³-hybridized carbons (Fsp3) is 0.556. The minimum absolute atomic E-state index is 0.0128. The van der Waals surface area contributed by atoms with E-state index in [0.29, 0.717) is 13.1 Å². The van der Waals surface area contributed by atoms with Gasteiger partial charge in [0.1, 0.15) is 0 Å². The van der Waals surface area contributed by atoms with E-state index >= 15 is 0 Å². The van der Waals surface area contributed by atoms with Gasteiger partial charge in [0, 0.05) is 19.1 Å². The maximum atomic E-state index is 12.7.